The lowest BCUT2D eigenvalue weighted by molar-refractivity contribution is -0.124. The van der Waals surface area contributed by atoms with Gasteiger partial charge in [0.2, 0.25) is 11.9 Å². The van der Waals surface area contributed by atoms with Crippen LogP contribution in [-0.4, -0.2) is 38.0 Å². The first kappa shape index (κ1) is 27.5. The van der Waals surface area contributed by atoms with Gasteiger partial charge in [0, 0.05) is 21.7 Å². The molecule has 1 saturated carbocycles. The molecule has 206 valence electrons. The molecule has 1 fully saturated rings. The molecule has 0 saturated heterocycles. The normalized spacial score (nSPS) is 14.2. The molecule has 2 aromatic heterocycles. The van der Waals surface area contributed by atoms with E-state index in [0.29, 0.717) is 40.5 Å². The zero-order chi connectivity index (χ0) is 28.5. The Kier molecular flexibility index (Phi) is 7.48. The van der Waals surface area contributed by atoms with Crippen LogP contribution in [0.25, 0.3) is 11.3 Å². The molecule has 1 aliphatic rings. The molecule has 0 aliphatic heterocycles. The number of rotatable bonds is 6. The highest BCUT2D eigenvalue weighted by atomic mass is 35.5. The third-order valence-corrected chi connectivity index (χ3v) is 7.51. The molecule has 2 aromatic carbocycles. The molecule has 9 nitrogen and oxygen atoms in total. The van der Waals surface area contributed by atoms with Crippen molar-refractivity contribution in [3.63, 3.8) is 0 Å². The van der Waals surface area contributed by atoms with Gasteiger partial charge in [-0.2, -0.15) is 0 Å². The molecule has 2 N–H and O–H groups in total. The average Bonchev–Trinajstić information content (AvgIpc) is 3.54. The van der Waals surface area contributed by atoms with Gasteiger partial charge in [0.1, 0.15) is 11.3 Å². The van der Waals surface area contributed by atoms with E-state index in [1.54, 1.807) is 68.1 Å². The Morgan fingerprint density at radius 1 is 1.05 bits per heavy atom. The lowest BCUT2D eigenvalue weighted by Crippen LogP contribution is -2.46. The van der Waals surface area contributed by atoms with Crippen molar-refractivity contribution in [3.8, 4) is 11.3 Å². The quantitative estimate of drug-likeness (QED) is 0.262. The Morgan fingerprint density at radius 3 is 2.40 bits per heavy atom. The molecular formula is C29H28ClN5O4S. The van der Waals surface area contributed by atoms with Crippen LogP contribution < -0.4 is 10.6 Å². The first-order chi connectivity index (χ1) is 19.1. The third-order valence-electron chi connectivity index (χ3n) is 6.69. The van der Waals surface area contributed by atoms with Crippen molar-refractivity contribution in [3.05, 3.63) is 81.9 Å². The van der Waals surface area contributed by atoms with E-state index in [2.05, 4.69) is 20.6 Å². The maximum atomic E-state index is 13.7. The fourth-order valence-electron chi connectivity index (χ4n) is 4.56. The molecule has 11 heteroatoms. The van der Waals surface area contributed by atoms with E-state index in [0.717, 1.165) is 12.0 Å². The Bertz CT molecular complexity index is 1550. The summed E-state index contributed by atoms with van der Waals surface area (Å²) in [4.78, 5) is 47.8. The van der Waals surface area contributed by atoms with Gasteiger partial charge in [-0.3, -0.25) is 14.9 Å². The van der Waals surface area contributed by atoms with Crippen molar-refractivity contribution >= 4 is 52.5 Å². The van der Waals surface area contributed by atoms with E-state index in [1.807, 2.05) is 12.1 Å². The third kappa shape index (κ3) is 5.64. The van der Waals surface area contributed by atoms with Crippen molar-refractivity contribution in [2.75, 3.05) is 10.6 Å². The molecule has 0 bridgehead atoms. The summed E-state index contributed by atoms with van der Waals surface area (Å²) < 4.78 is 6.92. The first-order valence-electron chi connectivity index (χ1n) is 12.7. The number of carbonyl (C=O) groups is 3. The number of hydrogen-bond donors (Lipinski definition) is 2. The number of thiazole rings is 1. The number of hydrogen-bond acceptors (Lipinski definition) is 7. The molecule has 0 spiro atoms. The van der Waals surface area contributed by atoms with Gasteiger partial charge >= 0.3 is 6.09 Å². The molecular weight excluding hydrogens is 550 g/mol. The molecule has 2 heterocycles. The van der Waals surface area contributed by atoms with Crippen LogP contribution in [0.3, 0.4) is 0 Å². The summed E-state index contributed by atoms with van der Waals surface area (Å²) in [6, 6.07) is 14.2. The Balaban J connectivity index is 1.44. The highest BCUT2D eigenvalue weighted by Crippen LogP contribution is 2.45. The number of imidazole rings is 1. The topological polar surface area (TPSA) is 115 Å². The number of halogens is 1. The van der Waals surface area contributed by atoms with E-state index >= 15 is 0 Å². The minimum absolute atomic E-state index is 0.0588. The summed E-state index contributed by atoms with van der Waals surface area (Å²) in [5, 5.41) is 7.91. The highest BCUT2D eigenvalue weighted by Gasteiger charge is 2.46. The second kappa shape index (κ2) is 10.9. The maximum absolute atomic E-state index is 13.7. The Labute approximate surface area is 240 Å². The fourth-order valence-corrected chi connectivity index (χ4v) is 5.29. The number of benzene rings is 2. The smallest absolute Gasteiger partial charge is 0.421 e. The molecule has 2 amide bonds. The zero-order valence-corrected chi connectivity index (χ0v) is 23.8. The minimum atomic E-state index is -0.778. The number of nitrogens with one attached hydrogen (secondary N) is 2. The Morgan fingerprint density at radius 2 is 1.80 bits per heavy atom. The monoisotopic (exact) mass is 577 g/mol. The van der Waals surface area contributed by atoms with E-state index < -0.39 is 17.1 Å². The predicted molar refractivity (Wildman–Crippen MR) is 155 cm³/mol. The lowest BCUT2D eigenvalue weighted by Gasteiger charge is -2.40. The van der Waals surface area contributed by atoms with Crippen LogP contribution in [0, 0.1) is 0 Å². The number of amides is 2. The van der Waals surface area contributed by atoms with Crippen molar-refractivity contribution in [2.24, 2.45) is 0 Å². The molecule has 4 aromatic rings. The van der Waals surface area contributed by atoms with Crippen LogP contribution in [0.15, 0.2) is 65.6 Å². The molecule has 5 rings (SSSR count). The highest BCUT2D eigenvalue weighted by molar-refractivity contribution is 7.07. The summed E-state index contributed by atoms with van der Waals surface area (Å²) >= 11 is 7.56. The Hall–Kier alpha value is -4.02. The van der Waals surface area contributed by atoms with Crippen molar-refractivity contribution < 1.29 is 19.1 Å². The summed E-state index contributed by atoms with van der Waals surface area (Å²) in [6.45, 7) is 5.30. The largest absolute Gasteiger partial charge is 0.443 e. The minimum Gasteiger partial charge on any atom is -0.443 e. The van der Waals surface area contributed by atoms with Gasteiger partial charge in [-0.05, 0) is 63.4 Å². The SMILES string of the molecule is CC(C)(C)OC(=O)n1c(-c2ccc(NC(=O)c3cscn3)cc2)cnc1NC(=O)C1(c2cccc(Cl)c2)CCC1. The zero-order valence-electron chi connectivity index (χ0n) is 22.2. The molecule has 40 heavy (non-hydrogen) atoms. The molecule has 0 radical (unpaired) electrons. The van der Waals surface area contributed by atoms with Crippen LogP contribution in [-0.2, 0) is 14.9 Å². The predicted octanol–water partition coefficient (Wildman–Crippen LogP) is 6.76. The first-order valence-corrected chi connectivity index (χ1v) is 14.1. The molecule has 0 atom stereocenters. The van der Waals surface area contributed by atoms with E-state index in [4.69, 9.17) is 16.3 Å². The van der Waals surface area contributed by atoms with E-state index in [1.165, 1.54) is 22.1 Å². The van der Waals surface area contributed by atoms with Gasteiger partial charge in [-0.25, -0.2) is 19.3 Å². The summed E-state index contributed by atoms with van der Waals surface area (Å²) in [5.41, 5.74) is 2.84. The van der Waals surface area contributed by atoms with E-state index in [-0.39, 0.29) is 17.8 Å². The van der Waals surface area contributed by atoms with Gasteiger partial charge in [0.25, 0.3) is 5.91 Å². The number of anilines is 2. The maximum Gasteiger partial charge on any atom is 0.421 e. The van der Waals surface area contributed by atoms with Crippen LogP contribution in [0.5, 0.6) is 0 Å². The van der Waals surface area contributed by atoms with Crippen LogP contribution in [0.1, 0.15) is 56.1 Å². The van der Waals surface area contributed by atoms with Crippen molar-refractivity contribution in [2.45, 2.75) is 51.0 Å². The average molecular weight is 578 g/mol. The van der Waals surface area contributed by atoms with Crippen LogP contribution in [0.2, 0.25) is 5.02 Å². The van der Waals surface area contributed by atoms with Crippen molar-refractivity contribution in [1.82, 2.24) is 14.5 Å². The molecule has 1 aliphatic carbocycles. The van der Waals surface area contributed by atoms with Gasteiger partial charge in [0.15, 0.2) is 0 Å². The number of ether oxygens (including phenoxy) is 1. The summed E-state index contributed by atoms with van der Waals surface area (Å²) in [7, 11) is 0. The number of aromatic nitrogens is 3. The van der Waals surface area contributed by atoms with E-state index in [9.17, 15) is 14.4 Å². The second-order valence-electron chi connectivity index (χ2n) is 10.6. The molecule has 0 unspecified atom stereocenters. The van der Waals surface area contributed by atoms with Crippen LogP contribution >= 0.6 is 22.9 Å². The number of nitrogens with zero attached hydrogens (tertiary/aromatic N) is 3. The van der Waals surface area contributed by atoms with Gasteiger partial charge in [-0.15, -0.1) is 11.3 Å². The van der Waals surface area contributed by atoms with Crippen LogP contribution in [0.4, 0.5) is 16.4 Å². The summed E-state index contributed by atoms with van der Waals surface area (Å²) in [5.74, 6) is -0.519. The van der Waals surface area contributed by atoms with Gasteiger partial charge < -0.3 is 10.1 Å². The second-order valence-corrected chi connectivity index (χ2v) is 11.7. The van der Waals surface area contributed by atoms with Crippen molar-refractivity contribution in [1.29, 1.82) is 0 Å². The fraction of sp³-hybridized carbons (Fsp3) is 0.276. The lowest BCUT2D eigenvalue weighted by atomic mass is 9.64. The summed E-state index contributed by atoms with van der Waals surface area (Å²) in [6.07, 6.45) is 3.05. The van der Waals surface area contributed by atoms with Gasteiger partial charge in [-0.1, -0.05) is 42.3 Å². The van der Waals surface area contributed by atoms with Gasteiger partial charge in [0.05, 0.1) is 22.8 Å². The standard InChI is InChI=1S/C29H28ClN5O4S/c1-28(2,3)39-27(38)35-23(18-8-10-21(11-9-18)33-24(36)22-16-40-17-32-22)15-31-26(35)34-25(37)29(12-5-13-29)19-6-4-7-20(30)14-19/h4,6-11,14-17H,5,12-13H2,1-3H3,(H,33,36)(H,31,34,37). The number of carbonyl (C=O) groups excluding carboxylic acids is 3.